The van der Waals surface area contributed by atoms with Gasteiger partial charge in [-0.05, 0) is 13.8 Å². The molecule has 0 saturated carbocycles. The minimum Gasteiger partial charge on any atom is -0.372 e. The van der Waals surface area contributed by atoms with Crippen molar-refractivity contribution in [1.82, 2.24) is 19.4 Å². The highest BCUT2D eigenvalue weighted by molar-refractivity contribution is 7.89. The number of nitrogens with zero attached hydrogens (tertiary/aromatic N) is 3. The SMILES string of the molecule is C[C@@H]1CN(C(=O)CNS(=O)(=O)c2cnn(C)c2)C[C@H](C)O1. The van der Waals surface area contributed by atoms with Crippen LogP contribution in [0.3, 0.4) is 0 Å². The van der Waals surface area contributed by atoms with Crippen molar-refractivity contribution in [3.05, 3.63) is 12.4 Å². The lowest BCUT2D eigenvalue weighted by molar-refractivity contribution is -0.141. The molecule has 1 N–H and O–H groups in total. The number of aryl methyl sites for hydroxylation is 1. The molecular formula is C12H20N4O4S. The van der Waals surface area contributed by atoms with Crippen LogP contribution in [0.1, 0.15) is 13.8 Å². The second-order valence-electron chi connectivity index (χ2n) is 5.23. The summed E-state index contributed by atoms with van der Waals surface area (Å²) < 4.78 is 33.2. The third kappa shape index (κ3) is 4.02. The number of rotatable bonds is 4. The molecule has 1 aromatic heterocycles. The molecule has 2 heterocycles. The maximum atomic E-state index is 12.1. The van der Waals surface area contributed by atoms with Gasteiger partial charge in [-0.2, -0.15) is 5.10 Å². The molecule has 1 fully saturated rings. The molecule has 0 bridgehead atoms. The highest BCUT2D eigenvalue weighted by Crippen LogP contribution is 2.11. The maximum absolute atomic E-state index is 12.1. The molecule has 1 aromatic rings. The smallest absolute Gasteiger partial charge is 0.244 e. The lowest BCUT2D eigenvalue weighted by Crippen LogP contribution is -2.51. The van der Waals surface area contributed by atoms with Crippen LogP contribution in [0.5, 0.6) is 0 Å². The zero-order valence-corrected chi connectivity index (χ0v) is 13.1. The first-order chi connectivity index (χ1) is 9.78. The molecule has 1 aliphatic rings. The maximum Gasteiger partial charge on any atom is 0.244 e. The average molecular weight is 316 g/mol. The Balaban J connectivity index is 1.94. The standard InChI is InChI=1S/C12H20N4O4S/c1-9-6-16(7-10(2)20-9)12(17)5-14-21(18,19)11-4-13-15(3)8-11/h4,8-10,14H,5-7H2,1-3H3/t9-,10+. The van der Waals surface area contributed by atoms with Crippen molar-refractivity contribution >= 4 is 15.9 Å². The highest BCUT2D eigenvalue weighted by Gasteiger charge is 2.27. The lowest BCUT2D eigenvalue weighted by atomic mass is 10.2. The summed E-state index contributed by atoms with van der Waals surface area (Å²) in [6.45, 7) is 4.44. The van der Waals surface area contributed by atoms with E-state index in [9.17, 15) is 13.2 Å². The molecule has 21 heavy (non-hydrogen) atoms. The molecule has 1 aliphatic heterocycles. The van der Waals surface area contributed by atoms with E-state index in [-0.39, 0.29) is 29.6 Å². The molecule has 118 valence electrons. The van der Waals surface area contributed by atoms with Gasteiger partial charge in [0.25, 0.3) is 0 Å². The number of carbonyl (C=O) groups is 1. The van der Waals surface area contributed by atoms with Crippen molar-refractivity contribution in [2.75, 3.05) is 19.6 Å². The summed E-state index contributed by atoms with van der Waals surface area (Å²) in [6.07, 6.45) is 2.53. The molecule has 2 rings (SSSR count). The van der Waals surface area contributed by atoms with E-state index in [1.165, 1.54) is 17.1 Å². The molecule has 0 aliphatic carbocycles. The van der Waals surface area contributed by atoms with Crippen molar-refractivity contribution in [2.45, 2.75) is 31.0 Å². The fourth-order valence-electron chi connectivity index (χ4n) is 2.27. The van der Waals surface area contributed by atoms with Gasteiger partial charge in [-0.1, -0.05) is 0 Å². The van der Waals surface area contributed by atoms with E-state index in [1.807, 2.05) is 13.8 Å². The second-order valence-corrected chi connectivity index (χ2v) is 7.00. The van der Waals surface area contributed by atoms with Crippen molar-refractivity contribution in [3.63, 3.8) is 0 Å². The Kier molecular flexibility index (Phi) is 4.64. The summed E-state index contributed by atoms with van der Waals surface area (Å²) in [5.74, 6) is -0.260. The van der Waals surface area contributed by atoms with Crippen LogP contribution < -0.4 is 4.72 Å². The van der Waals surface area contributed by atoms with Crippen LogP contribution in [0.25, 0.3) is 0 Å². The molecule has 0 aromatic carbocycles. The fraction of sp³-hybridized carbons (Fsp3) is 0.667. The zero-order valence-electron chi connectivity index (χ0n) is 12.3. The Labute approximate surface area is 124 Å². The van der Waals surface area contributed by atoms with Crippen LogP contribution in [0.2, 0.25) is 0 Å². The Morgan fingerprint density at radius 3 is 2.57 bits per heavy atom. The van der Waals surface area contributed by atoms with Crippen LogP contribution in [0.15, 0.2) is 17.3 Å². The van der Waals surface area contributed by atoms with Crippen molar-refractivity contribution in [2.24, 2.45) is 7.05 Å². The number of nitrogens with one attached hydrogen (secondary N) is 1. The van der Waals surface area contributed by atoms with Crippen molar-refractivity contribution < 1.29 is 17.9 Å². The summed E-state index contributed by atoms with van der Waals surface area (Å²) in [6, 6.07) is 0. The van der Waals surface area contributed by atoms with Gasteiger partial charge in [-0.25, -0.2) is 13.1 Å². The van der Waals surface area contributed by atoms with Gasteiger partial charge in [0, 0.05) is 26.3 Å². The minimum atomic E-state index is -3.71. The second kappa shape index (κ2) is 6.12. The van der Waals surface area contributed by atoms with Gasteiger partial charge in [-0.15, -0.1) is 0 Å². The number of ether oxygens (including phenoxy) is 1. The summed E-state index contributed by atoms with van der Waals surface area (Å²) in [5.41, 5.74) is 0. The molecule has 1 amide bonds. The minimum absolute atomic E-state index is 0.0431. The number of hydrogen-bond acceptors (Lipinski definition) is 5. The van der Waals surface area contributed by atoms with E-state index in [4.69, 9.17) is 4.74 Å². The molecule has 1 saturated heterocycles. The van der Waals surface area contributed by atoms with E-state index in [2.05, 4.69) is 9.82 Å². The average Bonchev–Trinajstić information content (AvgIpc) is 2.82. The number of carbonyl (C=O) groups excluding carboxylic acids is 1. The molecular weight excluding hydrogens is 296 g/mol. The molecule has 0 spiro atoms. The van der Waals surface area contributed by atoms with E-state index in [1.54, 1.807) is 11.9 Å². The van der Waals surface area contributed by atoms with Gasteiger partial charge in [0.05, 0.1) is 24.9 Å². The van der Waals surface area contributed by atoms with Crippen LogP contribution in [0, 0.1) is 0 Å². The fourth-order valence-corrected chi connectivity index (χ4v) is 3.23. The number of aromatic nitrogens is 2. The quantitative estimate of drug-likeness (QED) is 0.795. The highest BCUT2D eigenvalue weighted by atomic mass is 32.2. The molecule has 9 heteroatoms. The lowest BCUT2D eigenvalue weighted by Gasteiger charge is -2.35. The summed E-state index contributed by atoms with van der Waals surface area (Å²) in [4.78, 5) is 13.8. The first-order valence-electron chi connectivity index (χ1n) is 6.69. The largest absolute Gasteiger partial charge is 0.372 e. The summed E-state index contributed by atoms with van der Waals surface area (Å²) in [7, 11) is -2.09. The number of hydrogen-bond donors (Lipinski definition) is 1. The van der Waals surface area contributed by atoms with Crippen molar-refractivity contribution in [3.8, 4) is 0 Å². The first kappa shape index (κ1) is 15.9. The van der Waals surface area contributed by atoms with E-state index < -0.39 is 10.0 Å². The van der Waals surface area contributed by atoms with Crippen molar-refractivity contribution in [1.29, 1.82) is 0 Å². The topological polar surface area (TPSA) is 93.5 Å². The molecule has 2 atom stereocenters. The normalized spacial score (nSPS) is 23.3. The monoisotopic (exact) mass is 316 g/mol. The Morgan fingerprint density at radius 1 is 1.43 bits per heavy atom. The third-order valence-electron chi connectivity index (χ3n) is 3.18. The number of amides is 1. The van der Waals surface area contributed by atoms with Crippen LogP contribution in [-0.4, -0.2) is 60.8 Å². The molecule has 8 nitrogen and oxygen atoms in total. The molecule has 0 radical (unpaired) electrons. The Bertz CT molecular complexity index is 603. The first-order valence-corrected chi connectivity index (χ1v) is 8.18. The van der Waals surface area contributed by atoms with Gasteiger partial charge in [0.15, 0.2) is 0 Å². The Hall–Kier alpha value is -1.45. The Morgan fingerprint density at radius 2 is 2.05 bits per heavy atom. The predicted octanol–water partition coefficient (Wildman–Crippen LogP) is -0.666. The van der Waals surface area contributed by atoms with E-state index in [0.717, 1.165) is 0 Å². The third-order valence-corrected chi connectivity index (χ3v) is 4.53. The van der Waals surface area contributed by atoms with Gasteiger partial charge < -0.3 is 9.64 Å². The summed E-state index contributed by atoms with van der Waals surface area (Å²) >= 11 is 0. The van der Waals surface area contributed by atoms with Crippen LogP contribution >= 0.6 is 0 Å². The van der Waals surface area contributed by atoms with Gasteiger partial charge >= 0.3 is 0 Å². The van der Waals surface area contributed by atoms with Gasteiger partial charge in [0.1, 0.15) is 4.90 Å². The van der Waals surface area contributed by atoms with E-state index >= 15 is 0 Å². The predicted molar refractivity (Wildman–Crippen MR) is 75.0 cm³/mol. The number of sulfonamides is 1. The van der Waals surface area contributed by atoms with E-state index in [0.29, 0.717) is 13.1 Å². The zero-order chi connectivity index (χ0) is 15.6. The van der Waals surface area contributed by atoms with Crippen LogP contribution in [0.4, 0.5) is 0 Å². The van der Waals surface area contributed by atoms with Gasteiger partial charge in [0.2, 0.25) is 15.9 Å². The van der Waals surface area contributed by atoms with Crippen LogP contribution in [-0.2, 0) is 26.6 Å². The number of morpholine rings is 1. The summed E-state index contributed by atoms with van der Waals surface area (Å²) in [5, 5.41) is 3.81. The molecule has 0 unspecified atom stereocenters. The van der Waals surface area contributed by atoms with Gasteiger partial charge in [-0.3, -0.25) is 9.48 Å².